The summed E-state index contributed by atoms with van der Waals surface area (Å²) in [6.07, 6.45) is 10.9. The first kappa shape index (κ1) is 29.5. The molecule has 1 N–H and O–H groups in total. The lowest BCUT2D eigenvalue weighted by Gasteiger charge is -2.28. The normalized spacial score (nSPS) is 21.6. The minimum Gasteiger partial charge on any atom is -0.460 e. The van der Waals surface area contributed by atoms with Crippen molar-refractivity contribution in [2.24, 2.45) is 0 Å². The predicted octanol–water partition coefficient (Wildman–Crippen LogP) is 7.40. The average Bonchev–Trinajstić information content (AvgIpc) is 3.05. The maximum absolute atomic E-state index is 13.0. The minimum atomic E-state index is -0.555. The van der Waals surface area contributed by atoms with Crippen LogP contribution in [-0.2, 0) is 9.53 Å². The number of nitrogens with one attached hydrogen (secondary N) is 1. The molecule has 8 heteroatoms. The largest absolute Gasteiger partial charge is 0.460 e. The number of hydrogen-bond acceptors (Lipinski definition) is 6. The fourth-order valence-corrected chi connectivity index (χ4v) is 5.93. The number of esters is 1. The van der Waals surface area contributed by atoms with Crippen molar-refractivity contribution in [1.29, 1.82) is 0 Å². The Labute approximate surface area is 231 Å². The van der Waals surface area contributed by atoms with Crippen LogP contribution in [0.5, 0.6) is 0 Å². The van der Waals surface area contributed by atoms with E-state index in [9.17, 15) is 4.79 Å². The molecule has 0 amide bonds. The molecular formula is C29H41ClN4O2S. The smallest absolute Gasteiger partial charge is 0.308 e. The van der Waals surface area contributed by atoms with Crippen molar-refractivity contribution in [1.82, 2.24) is 20.1 Å². The van der Waals surface area contributed by atoms with Crippen LogP contribution in [0.1, 0.15) is 91.8 Å². The van der Waals surface area contributed by atoms with Gasteiger partial charge >= 0.3 is 5.97 Å². The average molecular weight is 545 g/mol. The first-order chi connectivity index (χ1) is 17.4. The summed E-state index contributed by atoms with van der Waals surface area (Å²) in [5.74, 6) is 2.15. The summed E-state index contributed by atoms with van der Waals surface area (Å²) in [6.45, 7) is 16.2. The van der Waals surface area contributed by atoms with Crippen molar-refractivity contribution in [3.8, 4) is 0 Å². The second kappa shape index (κ2) is 12.6. The Balaban J connectivity index is 2.08. The van der Waals surface area contributed by atoms with E-state index in [0.717, 1.165) is 41.7 Å². The van der Waals surface area contributed by atoms with Crippen LogP contribution >= 0.6 is 23.4 Å². The molecule has 0 spiro atoms. The summed E-state index contributed by atoms with van der Waals surface area (Å²) in [5, 5.41) is 13.5. The highest BCUT2D eigenvalue weighted by Crippen LogP contribution is 2.41. The van der Waals surface area contributed by atoms with E-state index in [2.05, 4.69) is 59.9 Å². The summed E-state index contributed by atoms with van der Waals surface area (Å²) in [5.41, 5.74) is 4.54. The minimum absolute atomic E-state index is 0.0615. The van der Waals surface area contributed by atoms with E-state index in [1.54, 1.807) is 0 Å². The molecule has 0 bridgehead atoms. The van der Waals surface area contributed by atoms with E-state index in [4.69, 9.17) is 16.3 Å². The number of ether oxygens (including phenoxy) is 1. The van der Waals surface area contributed by atoms with Crippen molar-refractivity contribution in [3.63, 3.8) is 0 Å². The number of carbonyl (C=O) groups is 1. The Hall–Kier alpha value is -2.09. The van der Waals surface area contributed by atoms with Crippen LogP contribution in [0.25, 0.3) is 5.70 Å². The van der Waals surface area contributed by atoms with Crippen LogP contribution in [0.3, 0.4) is 0 Å². The summed E-state index contributed by atoms with van der Waals surface area (Å²) in [4.78, 5) is 14.3. The molecule has 0 aliphatic carbocycles. The molecule has 2 atom stereocenters. The Morgan fingerprint density at radius 2 is 2.00 bits per heavy atom. The number of hydrogen-bond donors (Lipinski definition) is 1. The van der Waals surface area contributed by atoms with E-state index in [-0.39, 0.29) is 24.5 Å². The highest BCUT2D eigenvalue weighted by molar-refractivity contribution is 8.03. The van der Waals surface area contributed by atoms with Gasteiger partial charge in [-0.1, -0.05) is 42.3 Å². The van der Waals surface area contributed by atoms with E-state index >= 15 is 0 Å². The quantitative estimate of drug-likeness (QED) is 0.219. The molecule has 37 heavy (non-hydrogen) atoms. The molecule has 3 rings (SSSR count). The van der Waals surface area contributed by atoms with Gasteiger partial charge in [0.15, 0.2) is 5.82 Å². The molecule has 0 saturated carbocycles. The summed E-state index contributed by atoms with van der Waals surface area (Å²) in [6, 6.07) is -0.403. The van der Waals surface area contributed by atoms with E-state index in [0.29, 0.717) is 0 Å². The molecule has 2 aliphatic rings. The van der Waals surface area contributed by atoms with Gasteiger partial charge in [0.1, 0.15) is 11.4 Å². The maximum atomic E-state index is 13.0. The van der Waals surface area contributed by atoms with Crippen LogP contribution in [0, 0.1) is 6.92 Å². The zero-order valence-corrected chi connectivity index (χ0v) is 25.0. The molecule has 1 aromatic rings. The summed E-state index contributed by atoms with van der Waals surface area (Å²) >= 11 is 8.19. The molecule has 0 aromatic carbocycles. The number of allylic oxidation sites excluding steroid dienone is 7. The van der Waals surface area contributed by atoms with Crippen LogP contribution in [0.15, 0.2) is 51.0 Å². The monoisotopic (exact) mass is 544 g/mol. The van der Waals surface area contributed by atoms with Gasteiger partial charge in [-0.3, -0.25) is 14.7 Å². The fourth-order valence-electron chi connectivity index (χ4n) is 4.70. The number of thioether (sulfide) groups is 1. The second-order valence-corrected chi connectivity index (χ2v) is 12.3. The van der Waals surface area contributed by atoms with Crippen LogP contribution in [-0.4, -0.2) is 38.1 Å². The van der Waals surface area contributed by atoms with Gasteiger partial charge in [-0.05, 0) is 89.9 Å². The topological polar surface area (TPSA) is 69.0 Å². The van der Waals surface area contributed by atoms with Gasteiger partial charge in [0, 0.05) is 16.5 Å². The zero-order valence-electron chi connectivity index (χ0n) is 23.4. The van der Waals surface area contributed by atoms with Gasteiger partial charge in [-0.25, -0.2) is 0 Å². The summed E-state index contributed by atoms with van der Waals surface area (Å²) in [7, 11) is 0. The van der Waals surface area contributed by atoms with Crippen molar-refractivity contribution in [3.05, 3.63) is 62.6 Å². The standard InChI is InChI=1S/C29H41ClN4O2S/c1-9-12-22(30)14-11-13-21(10-2)27-23-15-18(3)19(4)37-17-25(23)34-20(5)32-33-28(34)24(31-27)16-26(35)36-29(6,7)8/h10-12,14,24,27,31H,9,13,15-17H2,1-8H3/b14-11-,21-10+,22-12+/t24-,27?/m0/s1. The SMILES string of the molecule is C/C=C(\C/C=C\C(Cl)=C/CC)C1N[C@@H](CC(=O)OC(C)(C)C)c2nnc(C)n2C2=C1CC(C)=C(C)SC2. The van der Waals surface area contributed by atoms with E-state index in [1.165, 1.54) is 27.3 Å². The van der Waals surface area contributed by atoms with Crippen molar-refractivity contribution in [2.75, 3.05) is 5.75 Å². The van der Waals surface area contributed by atoms with Crippen molar-refractivity contribution in [2.45, 2.75) is 98.8 Å². The lowest BCUT2D eigenvalue weighted by Crippen LogP contribution is -2.37. The fraction of sp³-hybridized carbons (Fsp3) is 0.552. The van der Waals surface area contributed by atoms with Gasteiger partial charge in [-0.15, -0.1) is 22.0 Å². The van der Waals surface area contributed by atoms with Gasteiger partial charge < -0.3 is 4.74 Å². The Morgan fingerprint density at radius 3 is 2.65 bits per heavy atom. The van der Waals surface area contributed by atoms with E-state index < -0.39 is 5.60 Å². The molecular weight excluding hydrogens is 504 g/mol. The lowest BCUT2D eigenvalue weighted by molar-refractivity contribution is -0.155. The molecule has 0 fully saturated rings. The van der Waals surface area contributed by atoms with E-state index in [1.807, 2.05) is 51.6 Å². The molecule has 0 radical (unpaired) electrons. The first-order valence-corrected chi connectivity index (χ1v) is 14.4. The number of nitrogens with zero attached hydrogens (tertiary/aromatic N) is 3. The maximum Gasteiger partial charge on any atom is 0.308 e. The third-order valence-corrected chi connectivity index (χ3v) is 8.04. The molecule has 6 nitrogen and oxygen atoms in total. The van der Waals surface area contributed by atoms with Gasteiger partial charge in [0.05, 0.1) is 18.5 Å². The highest BCUT2D eigenvalue weighted by Gasteiger charge is 2.36. The number of halogens is 1. The van der Waals surface area contributed by atoms with Crippen LogP contribution < -0.4 is 5.32 Å². The Kier molecular flexibility index (Phi) is 10.1. The molecule has 3 heterocycles. The van der Waals surface area contributed by atoms with Gasteiger partial charge in [-0.2, -0.15) is 0 Å². The van der Waals surface area contributed by atoms with Gasteiger partial charge in [0.25, 0.3) is 0 Å². The predicted molar refractivity (Wildman–Crippen MR) is 155 cm³/mol. The Bertz CT molecular complexity index is 1170. The molecule has 0 saturated heterocycles. The van der Waals surface area contributed by atoms with Crippen LogP contribution in [0.4, 0.5) is 0 Å². The number of aromatic nitrogens is 3. The first-order valence-electron chi connectivity index (χ1n) is 13.0. The molecule has 202 valence electrons. The third-order valence-electron chi connectivity index (χ3n) is 6.56. The zero-order chi connectivity index (χ0) is 27.3. The van der Waals surface area contributed by atoms with Crippen molar-refractivity contribution < 1.29 is 9.53 Å². The summed E-state index contributed by atoms with van der Waals surface area (Å²) < 4.78 is 7.87. The third kappa shape index (κ3) is 7.49. The highest BCUT2D eigenvalue weighted by atomic mass is 35.5. The second-order valence-electron chi connectivity index (χ2n) is 10.6. The number of carbonyl (C=O) groups excluding carboxylic acids is 1. The number of fused-ring (bicyclic) bond motifs is 2. The Morgan fingerprint density at radius 1 is 1.27 bits per heavy atom. The molecule has 1 aromatic heterocycles. The van der Waals surface area contributed by atoms with Crippen LogP contribution in [0.2, 0.25) is 0 Å². The molecule has 2 aliphatic heterocycles. The number of rotatable bonds is 7. The molecule has 1 unspecified atom stereocenters. The lowest BCUT2D eigenvalue weighted by atomic mass is 9.89. The van der Waals surface area contributed by atoms with Crippen molar-refractivity contribution >= 4 is 35.0 Å². The number of aryl methyl sites for hydroxylation is 1. The van der Waals surface area contributed by atoms with Gasteiger partial charge in [0.2, 0.25) is 0 Å².